The Morgan fingerprint density at radius 1 is 0.912 bits per heavy atom. The molecule has 3 N–H and O–H groups in total. The zero-order valence-corrected chi connectivity index (χ0v) is 41.8. The number of hydrogen-bond acceptors (Lipinski definition) is 13. The van der Waals surface area contributed by atoms with E-state index in [1.54, 1.807) is 21.0 Å². The molecule has 15 heteroatoms. The number of Topliss-reactive ketones (excluding diaryl/α,β-unsaturated/α-hetero) is 2. The van der Waals surface area contributed by atoms with Gasteiger partial charge in [0.15, 0.2) is 0 Å². The molecule has 4 aliphatic rings. The lowest BCUT2D eigenvalue weighted by Gasteiger charge is -2.47. The molecule has 1 aromatic heterocycles. The zero-order chi connectivity index (χ0) is 49.4. The minimum Gasteiger partial charge on any atom is -0.488 e. The average Bonchev–Trinajstić information content (AvgIpc) is 3.73. The summed E-state index contributed by atoms with van der Waals surface area (Å²) >= 11 is 0. The first-order chi connectivity index (χ1) is 32.5. The Bertz CT molecular complexity index is 2120. The molecule has 6 rings (SSSR count). The predicted octanol–water partition coefficient (Wildman–Crippen LogP) is 6.51. The molecule has 2 saturated heterocycles. The fourth-order valence-corrected chi connectivity index (χ4v) is 11.2. The quantitative estimate of drug-likeness (QED) is 0.133. The average molecular weight is 951 g/mol. The molecule has 1 aliphatic carbocycles. The van der Waals surface area contributed by atoms with Crippen molar-refractivity contribution in [2.45, 2.75) is 173 Å². The smallest absolute Gasteiger partial charge is 0.329 e. The van der Waals surface area contributed by atoms with E-state index in [0.29, 0.717) is 57.1 Å². The molecule has 1 unspecified atom stereocenters. The number of allylic oxidation sites excluding steroid dienone is 3. The van der Waals surface area contributed by atoms with Crippen LogP contribution in [0.15, 0.2) is 53.8 Å². The SMILES string of the molecule is CC[C@@H]1/C=C(/C)C[C@H](C)C[C@H](OC)C2O[C@@](O)(C(=O)C(=O)N3CCCC[C@H]3C(=O)O[C@H](/C(C)=C/[C@@H]3CC[C@@H](Oc4ccc5c(ccn5CCO)c4)[C@H](OC)C3)[C@H](C)[C@@H](O)CC1=O)[C@H](C)C[C@@H]2OC. The van der Waals surface area contributed by atoms with Crippen molar-refractivity contribution in [1.82, 2.24) is 9.47 Å². The molecule has 0 radical (unpaired) electrons. The van der Waals surface area contributed by atoms with E-state index < -0.39 is 77.8 Å². The van der Waals surface area contributed by atoms with E-state index in [0.717, 1.165) is 28.6 Å². The number of methoxy groups -OCH3 is 3. The molecule has 0 spiro atoms. The van der Waals surface area contributed by atoms with Crippen LogP contribution in [0.5, 0.6) is 5.75 Å². The van der Waals surface area contributed by atoms with E-state index in [9.17, 15) is 34.5 Å². The molecule has 4 heterocycles. The molecule has 2 aromatic rings. The monoisotopic (exact) mass is 951 g/mol. The Hall–Kier alpha value is -3.96. The molecule has 1 saturated carbocycles. The third kappa shape index (κ3) is 12.1. The van der Waals surface area contributed by atoms with Crippen LogP contribution in [-0.4, -0.2) is 137 Å². The Labute approximate surface area is 402 Å². The predicted molar refractivity (Wildman–Crippen MR) is 256 cm³/mol. The number of ether oxygens (including phenoxy) is 6. The first-order valence-corrected chi connectivity index (χ1v) is 24.9. The molecule has 1 amide bonds. The van der Waals surface area contributed by atoms with Gasteiger partial charge in [-0.1, -0.05) is 45.4 Å². The highest BCUT2D eigenvalue weighted by Crippen LogP contribution is 2.40. The molecule has 3 aliphatic heterocycles. The van der Waals surface area contributed by atoms with E-state index in [1.165, 1.54) is 19.1 Å². The minimum absolute atomic E-state index is 0.00701. The Kier molecular flexibility index (Phi) is 18.7. The highest BCUT2D eigenvalue weighted by Gasteiger charge is 2.56. The summed E-state index contributed by atoms with van der Waals surface area (Å²) in [6, 6.07) is 6.77. The van der Waals surface area contributed by atoms with Crippen LogP contribution < -0.4 is 4.74 Å². The highest BCUT2D eigenvalue weighted by molar-refractivity contribution is 6.39. The van der Waals surface area contributed by atoms with Crippen molar-refractivity contribution in [2.75, 3.05) is 34.5 Å². The molecule has 14 atom stereocenters. The number of fused-ring (bicyclic) bond motifs is 4. The van der Waals surface area contributed by atoms with E-state index in [4.69, 9.17) is 28.4 Å². The molecule has 68 heavy (non-hydrogen) atoms. The zero-order valence-electron chi connectivity index (χ0n) is 41.8. The van der Waals surface area contributed by atoms with Crippen molar-refractivity contribution in [3.63, 3.8) is 0 Å². The number of hydrogen-bond donors (Lipinski definition) is 3. The van der Waals surface area contributed by atoms with Crippen molar-refractivity contribution in [2.24, 2.45) is 29.6 Å². The first-order valence-electron chi connectivity index (χ1n) is 24.9. The summed E-state index contributed by atoms with van der Waals surface area (Å²) in [6.07, 6.45) is 6.31. The summed E-state index contributed by atoms with van der Waals surface area (Å²) in [5, 5.41) is 34.5. The molecule has 3 fully saturated rings. The van der Waals surface area contributed by atoms with Gasteiger partial charge in [0.05, 0.1) is 31.0 Å². The summed E-state index contributed by atoms with van der Waals surface area (Å²) in [6.45, 7) is 11.9. The third-order valence-corrected chi connectivity index (χ3v) is 15.2. The van der Waals surface area contributed by atoms with Crippen LogP contribution in [0.4, 0.5) is 0 Å². The van der Waals surface area contributed by atoms with Crippen molar-refractivity contribution < 1.29 is 62.9 Å². The number of nitrogens with zero attached hydrogens (tertiary/aromatic N) is 2. The van der Waals surface area contributed by atoms with Crippen LogP contribution in [0.3, 0.4) is 0 Å². The second-order valence-corrected chi connectivity index (χ2v) is 20.2. The van der Waals surface area contributed by atoms with Gasteiger partial charge in [0, 0.05) is 75.7 Å². The Morgan fingerprint density at radius 3 is 2.32 bits per heavy atom. The van der Waals surface area contributed by atoms with Crippen molar-refractivity contribution >= 4 is 34.3 Å². The van der Waals surface area contributed by atoms with Crippen molar-refractivity contribution in [3.8, 4) is 5.75 Å². The lowest BCUT2D eigenvalue weighted by Crippen LogP contribution is -2.64. The van der Waals surface area contributed by atoms with Crippen LogP contribution in [0.2, 0.25) is 0 Å². The summed E-state index contributed by atoms with van der Waals surface area (Å²) < 4.78 is 39.0. The van der Waals surface area contributed by atoms with Crippen LogP contribution >= 0.6 is 0 Å². The van der Waals surface area contributed by atoms with E-state index in [2.05, 4.69) is 13.0 Å². The molecule has 15 nitrogen and oxygen atoms in total. The summed E-state index contributed by atoms with van der Waals surface area (Å²) in [5.74, 6) is -6.86. The van der Waals surface area contributed by atoms with Crippen molar-refractivity contribution in [1.29, 1.82) is 0 Å². The van der Waals surface area contributed by atoms with Gasteiger partial charge < -0.3 is 53.2 Å². The van der Waals surface area contributed by atoms with E-state index in [1.807, 2.05) is 61.9 Å². The molecule has 2 bridgehead atoms. The molecular weight excluding hydrogens is 873 g/mol. The van der Waals surface area contributed by atoms with Crippen LogP contribution in [0.25, 0.3) is 10.9 Å². The van der Waals surface area contributed by atoms with Gasteiger partial charge in [0.1, 0.15) is 35.9 Å². The molecule has 1 aromatic carbocycles. The van der Waals surface area contributed by atoms with E-state index >= 15 is 0 Å². The molecule has 378 valence electrons. The number of aliphatic hydroxyl groups is 3. The number of piperidine rings is 1. The van der Waals surface area contributed by atoms with Gasteiger partial charge in [0.25, 0.3) is 11.7 Å². The maximum Gasteiger partial charge on any atom is 0.329 e. The second-order valence-electron chi connectivity index (χ2n) is 20.2. The number of aromatic nitrogens is 1. The van der Waals surface area contributed by atoms with Crippen LogP contribution in [0.1, 0.15) is 112 Å². The topological polar surface area (TPSA) is 193 Å². The molecular formula is C53H78N2O13. The Morgan fingerprint density at radius 2 is 1.63 bits per heavy atom. The van der Waals surface area contributed by atoms with Gasteiger partial charge in [-0.05, 0) is 120 Å². The number of rotatable bonds is 10. The van der Waals surface area contributed by atoms with Gasteiger partial charge in [-0.15, -0.1) is 0 Å². The third-order valence-electron chi connectivity index (χ3n) is 15.2. The van der Waals surface area contributed by atoms with Crippen LogP contribution in [-0.2, 0) is 49.4 Å². The number of carbonyl (C=O) groups excluding carboxylic acids is 4. The number of esters is 1. The minimum atomic E-state index is -2.52. The number of amides is 1. The fraction of sp³-hybridized carbons (Fsp3) is 0.698. The lowest BCUT2D eigenvalue weighted by molar-refractivity contribution is -0.302. The number of cyclic esters (lactones) is 1. The maximum atomic E-state index is 14.6. The van der Waals surface area contributed by atoms with Gasteiger partial charge in [0.2, 0.25) is 5.79 Å². The number of carbonyl (C=O) groups is 4. The lowest BCUT2D eigenvalue weighted by atomic mass is 9.81. The van der Waals surface area contributed by atoms with Crippen LogP contribution in [0, 0.1) is 29.6 Å². The van der Waals surface area contributed by atoms with Gasteiger partial charge in [-0.3, -0.25) is 14.4 Å². The Balaban J connectivity index is 1.29. The number of benzene rings is 1. The standard InChI is InChI=1S/C53H78N2O13/c1-10-37-24-31(2)23-32(3)25-46(64-8)49-47(65-9)27-34(5)53(62,68-49)50(59)51(60)55-19-12-11-13-41(55)52(61)67-48(35(6)42(57)30-43(37)58)33(4)26-36-14-17-44(45(28-36)63-7)66-39-15-16-40-38(29-39)18-20-54(40)21-22-56/h15-16,18,20,24,26,29,32,34-37,41-42,44-49,56-57,62H,10-14,17,19,21-23,25,27-28,30H2,1-9H3/b31-24-,33-26+/t32-,34+,35+,36-,37+,41-,42-,44+,45+,46-,47-,48+,49?,53+/m0/s1. The van der Waals surface area contributed by atoms with Gasteiger partial charge in [-0.25, -0.2) is 4.79 Å². The second kappa shape index (κ2) is 23.8. The van der Waals surface area contributed by atoms with Crippen molar-refractivity contribution in [3.05, 3.63) is 53.8 Å². The normalized spacial score (nSPS) is 36.4. The summed E-state index contributed by atoms with van der Waals surface area (Å²) in [4.78, 5) is 58.6. The largest absolute Gasteiger partial charge is 0.488 e. The highest BCUT2D eigenvalue weighted by atomic mass is 16.7. The number of aliphatic hydroxyl groups excluding tert-OH is 2. The summed E-state index contributed by atoms with van der Waals surface area (Å²) in [5.41, 5.74) is 2.68. The summed E-state index contributed by atoms with van der Waals surface area (Å²) in [7, 11) is 4.74. The van der Waals surface area contributed by atoms with E-state index in [-0.39, 0.29) is 62.2 Å². The number of ketones is 2. The van der Waals surface area contributed by atoms with Gasteiger partial charge in [-0.2, -0.15) is 0 Å². The first kappa shape index (κ1) is 53.4. The maximum absolute atomic E-state index is 14.6. The fourth-order valence-electron chi connectivity index (χ4n) is 11.2. The van der Waals surface area contributed by atoms with Gasteiger partial charge >= 0.3 is 5.97 Å².